The maximum atomic E-state index is 5.79. The van der Waals surface area contributed by atoms with Crippen LogP contribution in [-0.2, 0) is 10.3 Å². The predicted molar refractivity (Wildman–Crippen MR) is 77.6 cm³/mol. The lowest BCUT2D eigenvalue weighted by Gasteiger charge is -2.35. The van der Waals surface area contributed by atoms with Gasteiger partial charge in [-0.05, 0) is 38.1 Å². The summed E-state index contributed by atoms with van der Waals surface area (Å²) in [7, 11) is 1.76. The summed E-state index contributed by atoms with van der Waals surface area (Å²) < 4.78 is 11.2. The molecule has 1 N–H and O–H groups in total. The first-order valence-electron chi connectivity index (χ1n) is 7.71. The lowest BCUT2D eigenvalue weighted by Crippen LogP contribution is -2.34. The number of aromatic nitrogens is 2. The van der Waals surface area contributed by atoms with E-state index in [9.17, 15) is 0 Å². The van der Waals surface area contributed by atoms with E-state index in [-0.39, 0.29) is 11.5 Å². The zero-order valence-electron chi connectivity index (χ0n) is 13.1. The number of methoxy groups -OCH3 is 1. The van der Waals surface area contributed by atoms with E-state index in [1.54, 1.807) is 7.11 Å². The van der Waals surface area contributed by atoms with Gasteiger partial charge in [0.05, 0.1) is 0 Å². The van der Waals surface area contributed by atoms with Crippen molar-refractivity contribution in [3.63, 3.8) is 0 Å². The lowest BCUT2D eigenvalue weighted by molar-refractivity contribution is -0.0609. The Balaban J connectivity index is 2.10. The molecule has 2 rings (SSSR count). The maximum Gasteiger partial charge on any atom is 0.230 e. The van der Waals surface area contributed by atoms with Crippen LogP contribution in [0.4, 0.5) is 0 Å². The second kappa shape index (κ2) is 6.68. The van der Waals surface area contributed by atoms with Gasteiger partial charge in [0.1, 0.15) is 5.60 Å². The van der Waals surface area contributed by atoms with Gasteiger partial charge < -0.3 is 14.6 Å². The fourth-order valence-electron chi connectivity index (χ4n) is 2.82. The lowest BCUT2D eigenvalue weighted by atomic mass is 9.79. The summed E-state index contributed by atoms with van der Waals surface area (Å²) in [5, 5.41) is 7.50. The molecule has 0 aliphatic heterocycles. The molecule has 20 heavy (non-hydrogen) atoms. The molecule has 1 aromatic heterocycles. The number of nitrogens with one attached hydrogen (secondary N) is 1. The quantitative estimate of drug-likeness (QED) is 0.869. The third kappa shape index (κ3) is 3.20. The molecule has 1 heterocycles. The minimum atomic E-state index is -0.341. The number of rotatable bonds is 6. The molecule has 0 amide bonds. The largest absolute Gasteiger partial charge is 0.370 e. The monoisotopic (exact) mass is 281 g/mol. The van der Waals surface area contributed by atoms with Crippen LogP contribution in [0.25, 0.3) is 0 Å². The molecular weight excluding hydrogens is 254 g/mol. The fraction of sp³-hybridized carbons (Fsp3) is 0.867. The van der Waals surface area contributed by atoms with Gasteiger partial charge in [-0.2, -0.15) is 4.98 Å². The van der Waals surface area contributed by atoms with Crippen molar-refractivity contribution >= 4 is 0 Å². The predicted octanol–water partition coefficient (Wildman–Crippen LogP) is 2.83. The van der Waals surface area contributed by atoms with Crippen molar-refractivity contribution in [2.24, 2.45) is 5.92 Å². The zero-order chi connectivity index (χ0) is 14.6. The van der Waals surface area contributed by atoms with Crippen LogP contribution >= 0.6 is 0 Å². The minimum Gasteiger partial charge on any atom is -0.370 e. The summed E-state index contributed by atoms with van der Waals surface area (Å²) in [6.07, 6.45) is 4.27. The Morgan fingerprint density at radius 3 is 2.75 bits per heavy atom. The molecule has 0 saturated heterocycles. The van der Waals surface area contributed by atoms with Gasteiger partial charge in [-0.1, -0.05) is 25.9 Å². The van der Waals surface area contributed by atoms with Gasteiger partial charge in [0, 0.05) is 19.6 Å². The summed E-state index contributed by atoms with van der Waals surface area (Å²) in [4.78, 5) is 4.61. The molecule has 0 aromatic carbocycles. The zero-order valence-corrected chi connectivity index (χ0v) is 13.1. The molecule has 1 aliphatic rings. The summed E-state index contributed by atoms with van der Waals surface area (Å²) in [6, 6.07) is 0. The molecule has 1 fully saturated rings. The van der Waals surface area contributed by atoms with Gasteiger partial charge in [0.25, 0.3) is 0 Å². The molecule has 5 heteroatoms. The molecule has 114 valence electrons. The molecular formula is C15H27N3O2. The van der Waals surface area contributed by atoms with Gasteiger partial charge in [0.2, 0.25) is 11.7 Å². The maximum absolute atomic E-state index is 5.79. The molecule has 1 aromatic rings. The molecule has 0 bridgehead atoms. The Bertz CT molecular complexity index is 411. The number of ether oxygens (including phenoxy) is 1. The Morgan fingerprint density at radius 2 is 2.15 bits per heavy atom. The van der Waals surface area contributed by atoms with Crippen LogP contribution < -0.4 is 5.32 Å². The van der Waals surface area contributed by atoms with Crippen LogP contribution in [0.3, 0.4) is 0 Å². The average molecular weight is 281 g/mol. The highest BCUT2D eigenvalue weighted by molar-refractivity contribution is 5.05. The summed E-state index contributed by atoms with van der Waals surface area (Å²) in [6.45, 7) is 8.29. The standard InChI is InChI=1S/C15H27N3O2/c1-5-16-10-12(3)13-17-14(18-20-13)15(19-4)8-6-11(2)7-9-15/h11-12,16H,5-10H2,1-4H3. The van der Waals surface area contributed by atoms with Crippen LogP contribution in [-0.4, -0.2) is 30.3 Å². The Labute approximate surface area is 121 Å². The number of hydrogen-bond acceptors (Lipinski definition) is 5. The second-order valence-corrected chi connectivity index (χ2v) is 6.05. The van der Waals surface area contributed by atoms with Crippen LogP contribution in [0.2, 0.25) is 0 Å². The number of likely N-dealkylation sites (N-methyl/N-ethyl adjacent to an activating group) is 1. The van der Waals surface area contributed by atoms with Gasteiger partial charge in [-0.25, -0.2) is 0 Å². The molecule has 0 radical (unpaired) electrons. The summed E-state index contributed by atoms with van der Waals surface area (Å²) in [5.41, 5.74) is -0.341. The average Bonchev–Trinajstić information content (AvgIpc) is 2.96. The SMILES string of the molecule is CCNCC(C)c1nc(C2(OC)CCC(C)CC2)no1. The number of hydrogen-bond donors (Lipinski definition) is 1. The van der Waals surface area contributed by atoms with Crippen molar-refractivity contribution in [3.8, 4) is 0 Å². The van der Waals surface area contributed by atoms with Crippen LogP contribution in [0.5, 0.6) is 0 Å². The first-order chi connectivity index (χ1) is 9.61. The third-order valence-electron chi connectivity index (χ3n) is 4.44. The first kappa shape index (κ1) is 15.4. The highest BCUT2D eigenvalue weighted by atomic mass is 16.5. The molecule has 1 aliphatic carbocycles. The van der Waals surface area contributed by atoms with Gasteiger partial charge in [-0.15, -0.1) is 0 Å². The highest BCUT2D eigenvalue weighted by Crippen LogP contribution is 2.40. The van der Waals surface area contributed by atoms with Crippen molar-refractivity contribution in [2.75, 3.05) is 20.2 Å². The Kier molecular flexibility index (Phi) is 5.16. The van der Waals surface area contributed by atoms with Crippen molar-refractivity contribution in [2.45, 2.75) is 58.0 Å². The van der Waals surface area contributed by atoms with E-state index in [1.807, 2.05) is 0 Å². The summed E-state index contributed by atoms with van der Waals surface area (Å²) in [5.74, 6) is 2.42. The first-order valence-corrected chi connectivity index (χ1v) is 7.71. The fourth-order valence-corrected chi connectivity index (χ4v) is 2.82. The van der Waals surface area contributed by atoms with E-state index >= 15 is 0 Å². The van der Waals surface area contributed by atoms with E-state index in [0.717, 1.165) is 50.5 Å². The van der Waals surface area contributed by atoms with E-state index in [4.69, 9.17) is 9.26 Å². The van der Waals surface area contributed by atoms with Crippen LogP contribution in [0, 0.1) is 5.92 Å². The smallest absolute Gasteiger partial charge is 0.230 e. The minimum absolute atomic E-state index is 0.229. The van der Waals surface area contributed by atoms with Crippen molar-refractivity contribution in [1.82, 2.24) is 15.5 Å². The van der Waals surface area contributed by atoms with Crippen molar-refractivity contribution in [3.05, 3.63) is 11.7 Å². The highest BCUT2D eigenvalue weighted by Gasteiger charge is 2.40. The molecule has 5 nitrogen and oxygen atoms in total. The van der Waals surface area contributed by atoms with Gasteiger partial charge in [0.15, 0.2) is 0 Å². The van der Waals surface area contributed by atoms with Crippen LogP contribution in [0.15, 0.2) is 4.52 Å². The third-order valence-corrected chi connectivity index (χ3v) is 4.44. The van der Waals surface area contributed by atoms with E-state index in [0.29, 0.717) is 5.89 Å². The topological polar surface area (TPSA) is 60.2 Å². The van der Waals surface area contributed by atoms with E-state index in [2.05, 4.69) is 36.2 Å². The van der Waals surface area contributed by atoms with Crippen molar-refractivity contribution in [1.29, 1.82) is 0 Å². The van der Waals surface area contributed by atoms with E-state index < -0.39 is 0 Å². The Hall–Kier alpha value is -0.940. The summed E-state index contributed by atoms with van der Waals surface area (Å²) >= 11 is 0. The van der Waals surface area contributed by atoms with Gasteiger partial charge >= 0.3 is 0 Å². The molecule has 1 atom stereocenters. The van der Waals surface area contributed by atoms with Crippen LogP contribution in [0.1, 0.15) is 64.1 Å². The molecule has 1 saturated carbocycles. The normalized spacial score (nSPS) is 28.5. The molecule has 1 unspecified atom stereocenters. The van der Waals surface area contributed by atoms with E-state index in [1.165, 1.54) is 0 Å². The molecule has 0 spiro atoms. The number of nitrogens with zero attached hydrogens (tertiary/aromatic N) is 2. The van der Waals surface area contributed by atoms with Gasteiger partial charge in [-0.3, -0.25) is 0 Å². The van der Waals surface area contributed by atoms with Crippen molar-refractivity contribution < 1.29 is 9.26 Å². The second-order valence-electron chi connectivity index (χ2n) is 6.05. The Morgan fingerprint density at radius 1 is 1.45 bits per heavy atom.